The fourth-order valence-corrected chi connectivity index (χ4v) is 2.30. The quantitative estimate of drug-likeness (QED) is 0.868. The van der Waals surface area contributed by atoms with E-state index >= 15 is 0 Å². The van der Waals surface area contributed by atoms with E-state index < -0.39 is 0 Å². The first kappa shape index (κ1) is 13.7. The molecule has 0 aliphatic heterocycles. The number of hydrogen-bond acceptors (Lipinski definition) is 3. The molecule has 0 atom stereocenters. The third-order valence-corrected chi connectivity index (χ3v) is 3.25. The molecule has 0 aliphatic carbocycles. The number of anilines is 1. The summed E-state index contributed by atoms with van der Waals surface area (Å²) < 4.78 is 12.0. The van der Waals surface area contributed by atoms with Gasteiger partial charge in [-0.3, -0.25) is 0 Å². The van der Waals surface area contributed by atoms with Gasteiger partial charge in [0.1, 0.15) is 18.1 Å². The van der Waals surface area contributed by atoms with Crippen LogP contribution >= 0.6 is 15.9 Å². The van der Waals surface area contributed by atoms with Crippen molar-refractivity contribution in [3.05, 3.63) is 52.0 Å². The molecule has 0 saturated heterocycles. The SMILES string of the molecule is COc1cc(N)cc(COc2ccc(Br)cc2C)c1. The Morgan fingerprint density at radius 1 is 1.16 bits per heavy atom. The van der Waals surface area contributed by atoms with E-state index in [1.165, 1.54) is 0 Å². The van der Waals surface area contributed by atoms with Crippen molar-refractivity contribution in [2.75, 3.05) is 12.8 Å². The number of aryl methyl sites for hydroxylation is 1. The monoisotopic (exact) mass is 321 g/mol. The van der Waals surface area contributed by atoms with Gasteiger partial charge in [-0.05, 0) is 48.4 Å². The van der Waals surface area contributed by atoms with Crippen LogP contribution in [0, 0.1) is 6.92 Å². The third-order valence-electron chi connectivity index (χ3n) is 2.76. The molecule has 2 rings (SSSR count). The van der Waals surface area contributed by atoms with Gasteiger partial charge in [-0.1, -0.05) is 15.9 Å². The zero-order valence-electron chi connectivity index (χ0n) is 10.9. The van der Waals surface area contributed by atoms with Crippen molar-refractivity contribution in [3.8, 4) is 11.5 Å². The van der Waals surface area contributed by atoms with Crippen LogP contribution < -0.4 is 15.2 Å². The van der Waals surface area contributed by atoms with Crippen LogP contribution in [0.25, 0.3) is 0 Å². The van der Waals surface area contributed by atoms with E-state index in [1.807, 2.05) is 37.3 Å². The van der Waals surface area contributed by atoms with Gasteiger partial charge in [0.2, 0.25) is 0 Å². The topological polar surface area (TPSA) is 44.5 Å². The second-order valence-corrected chi connectivity index (χ2v) is 5.23. The number of halogens is 1. The minimum atomic E-state index is 0.462. The summed E-state index contributed by atoms with van der Waals surface area (Å²) in [5, 5.41) is 0. The van der Waals surface area contributed by atoms with Crippen molar-refractivity contribution < 1.29 is 9.47 Å². The van der Waals surface area contributed by atoms with Crippen molar-refractivity contribution in [1.29, 1.82) is 0 Å². The molecule has 2 aromatic rings. The van der Waals surface area contributed by atoms with Gasteiger partial charge in [-0.25, -0.2) is 0 Å². The fourth-order valence-electron chi connectivity index (χ4n) is 1.82. The van der Waals surface area contributed by atoms with E-state index in [2.05, 4.69) is 15.9 Å². The molecule has 19 heavy (non-hydrogen) atoms. The second-order valence-electron chi connectivity index (χ2n) is 4.31. The standard InChI is InChI=1S/C15H16BrNO2/c1-10-5-12(16)3-4-15(10)19-9-11-6-13(17)8-14(7-11)18-2/h3-8H,9,17H2,1-2H3. The molecule has 4 heteroatoms. The van der Waals surface area contributed by atoms with E-state index in [4.69, 9.17) is 15.2 Å². The highest BCUT2D eigenvalue weighted by atomic mass is 79.9. The molecule has 0 unspecified atom stereocenters. The molecule has 0 radical (unpaired) electrons. The van der Waals surface area contributed by atoms with E-state index in [1.54, 1.807) is 13.2 Å². The minimum absolute atomic E-state index is 0.462. The van der Waals surface area contributed by atoms with Crippen LogP contribution in [0.1, 0.15) is 11.1 Å². The van der Waals surface area contributed by atoms with Crippen LogP contribution in [0.2, 0.25) is 0 Å². The summed E-state index contributed by atoms with van der Waals surface area (Å²) in [6, 6.07) is 11.5. The Morgan fingerprint density at radius 3 is 2.63 bits per heavy atom. The predicted molar refractivity (Wildman–Crippen MR) is 80.6 cm³/mol. The largest absolute Gasteiger partial charge is 0.497 e. The molecule has 3 nitrogen and oxygen atoms in total. The highest BCUT2D eigenvalue weighted by molar-refractivity contribution is 9.10. The second kappa shape index (κ2) is 5.97. The first-order valence-corrected chi connectivity index (χ1v) is 6.70. The molecule has 0 spiro atoms. The van der Waals surface area contributed by atoms with E-state index in [-0.39, 0.29) is 0 Å². The maximum atomic E-state index is 5.81. The predicted octanol–water partition coefficient (Wildman–Crippen LogP) is 3.93. The maximum absolute atomic E-state index is 5.81. The zero-order chi connectivity index (χ0) is 13.8. The molecule has 2 N–H and O–H groups in total. The van der Waals surface area contributed by atoms with Crippen LogP contribution in [0.5, 0.6) is 11.5 Å². The van der Waals surface area contributed by atoms with E-state index in [9.17, 15) is 0 Å². The van der Waals surface area contributed by atoms with E-state index in [0.717, 1.165) is 27.1 Å². The summed E-state index contributed by atoms with van der Waals surface area (Å²) >= 11 is 3.43. The van der Waals surface area contributed by atoms with Gasteiger partial charge in [-0.2, -0.15) is 0 Å². The van der Waals surface area contributed by atoms with Crippen molar-refractivity contribution >= 4 is 21.6 Å². The van der Waals surface area contributed by atoms with Crippen molar-refractivity contribution in [2.45, 2.75) is 13.5 Å². The number of methoxy groups -OCH3 is 1. The third kappa shape index (κ3) is 3.64. The first-order valence-electron chi connectivity index (χ1n) is 5.91. The summed E-state index contributed by atoms with van der Waals surface area (Å²) in [7, 11) is 1.62. The van der Waals surface area contributed by atoms with Gasteiger partial charge in [0.15, 0.2) is 0 Å². The Hall–Kier alpha value is -1.68. The van der Waals surface area contributed by atoms with Gasteiger partial charge in [0.05, 0.1) is 7.11 Å². The van der Waals surface area contributed by atoms with Gasteiger partial charge < -0.3 is 15.2 Å². The van der Waals surface area contributed by atoms with Gasteiger partial charge in [0, 0.05) is 16.2 Å². The lowest BCUT2D eigenvalue weighted by molar-refractivity contribution is 0.303. The number of nitrogen functional groups attached to an aromatic ring is 1. The molecular formula is C15H16BrNO2. The molecule has 0 aromatic heterocycles. The Kier molecular flexibility index (Phi) is 4.32. The lowest BCUT2D eigenvalue weighted by Crippen LogP contribution is -1.99. The minimum Gasteiger partial charge on any atom is -0.497 e. The number of ether oxygens (including phenoxy) is 2. The molecule has 0 fully saturated rings. The van der Waals surface area contributed by atoms with Crippen LogP contribution in [-0.2, 0) is 6.61 Å². The summed E-state index contributed by atoms with van der Waals surface area (Å²) in [5.74, 6) is 1.61. The van der Waals surface area contributed by atoms with Crippen molar-refractivity contribution in [1.82, 2.24) is 0 Å². The van der Waals surface area contributed by atoms with Crippen LogP contribution in [0.3, 0.4) is 0 Å². The summed E-state index contributed by atoms with van der Waals surface area (Å²) in [6.45, 7) is 2.48. The highest BCUT2D eigenvalue weighted by Crippen LogP contribution is 2.24. The number of benzene rings is 2. The van der Waals surface area contributed by atoms with Crippen molar-refractivity contribution in [2.24, 2.45) is 0 Å². The average Bonchev–Trinajstić information content (AvgIpc) is 2.37. The molecule has 0 amide bonds. The zero-order valence-corrected chi connectivity index (χ0v) is 12.5. The Morgan fingerprint density at radius 2 is 1.95 bits per heavy atom. The van der Waals surface area contributed by atoms with Crippen LogP contribution in [0.4, 0.5) is 5.69 Å². The number of nitrogens with two attached hydrogens (primary N) is 1. The Labute approximate surface area is 121 Å². The van der Waals surface area contributed by atoms with Gasteiger partial charge >= 0.3 is 0 Å². The number of rotatable bonds is 4. The first-order chi connectivity index (χ1) is 9.08. The summed E-state index contributed by atoms with van der Waals surface area (Å²) in [6.07, 6.45) is 0. The lowest BCUT2D eigenvalue weighted by Gasteiger charge is -2.11. The van der Waals surface area contributed by atoms with Gasteiger partial charge in [-0.15, -0.1) is 0 Å². The number of hydrogen-bond donors (Lipinski definition) is 1. The van der Waals surface area contributed by atoms with Crippen LogP contribution in [-0.4, -0.2) is 7.11 Å². The van der Waals surface area contributed by atoms with Crippen molar-refractivity contribution in [3.63, 3.8) is 0 Å². The highest BCUT2D eigenvalue weighted by Gasteiger charge is 2.03. The molecule has 0 saturated carbocycles. The van der Waals surface area contributed by atoms with E-state index in [0.29, 0.717) is 12.3 Å². The lowest BCUT2D eigenvalue weighted by atomic mass is 10.2. The molecule has 100 valence electrons. The normalized spacial score (nSPS) is 10.3. The summed E-state index contributed by atoms with van der Waals surface area (Å²) in [5.41, 5.74) is 8.56. The molecule has 0 aliphatic rings. The fraction of sp³-hybridized carbons (Fsp3) is 0.200. The summed E-state index contributed by atoms with van der Waals surface area (Å²) in [4.78, 5) is 0. The maximum Gasteiger partial charge on any atom is 0.122 e. The molecule has 0 heterocycles. The molecule has 0 bridgehead atoms. The molecular weight excluding hydrogens is 306 g/mol. The van der Waals surface area contributed by atoms with Gasteiger partial charge in [0.25, 0.3) is 0 Å². The smallest absolute Gasteiger partial charge is 0.122 e. The Bertz CT molecular complexity index is 584. The molecule has 2 aromatic carbocycles. The van der Waals surface area contributed by atoms with Crippen LogP contribution in [0.15, 0.2) is 40.9 Å². The average molecular weight is 322 g/mol. The Balaban J connectivity index is 2.12.